The van der Waals surface area contributed by atoms with Crippen LogP contribution in [0.4, 0.5) is 0 Å². The minimum absolute atomic E-state index is 0.125. The van der Waals surface area contributed by atoms with E-state index in [1.807, 2.05) is 0 Å². The van der Waals surface area contributed by atoms with Gasteiger partial charge >= 0.3 is 0 Å². The normalized spacial score (nSPS) is 10.0. The van der Waals surface area contributed by atoms with E-state index in [1.165, 1.54) is 32.3 Å². The van der Waals surface area contributed by atoms with E-state index < -0.39 is 0 Å². The van der Waals surface area contributed by atoms with Crippen LogP contribution in [0, 0.1) is 0 Å². The van der Waals surface area contributed by atoms with Gasteiger partial charge in [0.2, 0.25) is 0 Å². The molecule has 4 aromatic rings. The topological polar surface area (TPSA) is 77.8 Å². The summed E-state index contributed by atoms with van der Waals surface area (Å²) in [5, 5.41) is 30.3. The summed E-state index contributed by atoms with van der Waals surface area (Å²) in [6.07, 6.45) is 0. The predicted octanol–water partition coefficient (Wildman–Crippen LogP) is 3.26. The Hall–Kier alpha value is -2.69. The highest BCUT2D eigenvalue weighted by Crippen LogP contribution is 2.33. The second-order valence-electron chi connectivity index (χ2n) is 4.84. The lowest BCUT2D eigenvalue weighted by Gasteiger charge is -2.09. The van der Waals surface area contributed by atoms with Gasteiger partial charge in [0.25, 0.3) is 6.47 Å². The van der Waals surface area contributed by atoms with Crippen molar-refractivity contribution in [3.63, 3.8) is 0 Å². The van der Waals surface area contributed by atoms with Gasteiger partial charge in [-0.1, -0.05) is 60.7 Å². The molecule has 4 nitrogen and oxygen atoms in total. The first-order chi connectivity index (χ1) is 11.3. The first-order valence-corrected chi connectivity index (χ1v) is 7.19. The monoisotopic (exact) mass is 310 g/mol. The third kappa shape index (κ3) is 3.56. The molecule has 0 radical (unpaired) electrons. The molecule has 0 aliphatic heterocycles. The second-order valence-corrected chi connectivity index (χ2v) is 4.84. The molecule has 118 valence electrons. The molecule has 0 aliphatic carbocycles. The van der Waals surface area contributed by atoms with Crippen LogP contribution in [-0.4, -0.2) is 35.0 Å². The molecule has 4 heteroatoms. The van der Waals surface area contributed by atoms with Gasteiger partial charge in [-0.05, 0) is 32.3 Å². The molecule has 0 heterocycles. The van der Waals surface area contributed by atoms with E-state index >= 15 is 0 Å². The first-order valence-electron chi connectivity index (χ1n) is 7.19. The molecule has 4 rings (SSSR count). The number of aliphatic hydroxyl groups excluding tert-OH is 2. The van der Waals surface area contributed by atoms with Crippen molar-refractivity contribution in [2.75, 3.05) is 13.2 Å². The number of rotatable bonds is 1. The van der Waals surface area contributed by atoms with Crippen LogP contribution in [0.25, 0.3) is 32.3 Å². The Bertz CT molecular complexity index is 754. The SMILES string of the molecule is O=CO.OCCO.c1cc2ccc3cccc4ccc(c1)c2c34. The largest absolute Gasteiger partial charge is 0.483 e. The average Bonchev–Trinajstić information content (AvgIpc) is 2.61. The maximum absolute atomic E-state index is 8.36. The summed E-state index contributed by atoms with van der Waals surface area (Å²) in [5.41, 5.74) is 0. The molecule has 0 amide bonds. The molecule has 4 aromatic carbocycles. The van der Waals surface area contributed by atoms with Crippen molar-refractivity contribution in [3.8, 4) is 0 Å². The van der Waals surface area contributed by atoms with Gasteiger partial charge in [0.15, 0.2) is 0 Å². The summed E-state index contributed by atoms with van der Waals surface area (Å²) >= 11 is 0. The molecule has 0 unspecified atom stereocenters. The average molecular weight is 310 g/mol. The minimum Gasteiger partial charge on any atom is -0.483 e. The summed E-state index contributed by atoms with van der Waals surface area (Å²) in [6.45, 7) is -0.500. The lowest BCUT2D eigenvalue weighted by molar-refractivity contribution is -0.122. The van der Waals surface area contributed by atoms with E-state index in [1.54, 1.807) is 0 Å². The Kier molecular flexibility index (Phi) is 5.86. The third-order valence-electron chi connectivity index (χ3n) is 3.49. The fourth-order valence-electron chi connectivity index (χ4n) is 2.67. The molecule has 3 N–H and O–H groups in total. The number of hydrogen-bond donors (Lipinski definition) is 3. The maximum atomic E-state index is 8.36. The second kappa shape index (κ2) is 8.08. The highest BCUT2D eigenvalue weighted by molar-refractivity contribution is 6.22. The van der Waals surface area contributed by atoms with Crippen LogP contribution in [0.1, 0.15) is 0 Å². The standard InChI is InChI=1S/C16H10.C2H6O2.CH2O2/c1-3-11-7-9-13-5-2-6-14-10-8-12(4-1)15(11)16(13)14;3-1-2-4;2-1-3/h1-10H;3-4H,1-2H2;1H,(H,2,3). The first kappa shape index (κ1) is 16.7. The lowest BCUT2D eigenvalue weighted by Crippen LogP contribution is -1.85. The zero-order valence-electron chi connectivity index (χ0n) is 12.5. The predicted molar refractivity (Wildman–Crippen MR) is 93.0 cm³/mol. The van der Waals surface area contributed by atoms with E-state index in [2.05, 4.69) is 60.7 Å². The Morgan fingerprint density at radius 1 is 0.652 bits per heavy atom. The minimum atomic E-state index is -0.250. The number of benzene rings is 4. The quantitative estimate of drug-likeness (QED) is 0.372. The smallest absolute Gasteiger partial charge is 0.290 e. The van der Waals surface area contributed by atoms with E-state index in [4.69, 9.17) is 20.1 Å². The van der Waals surface area contributed by atoms with Gasteiger partial charge in [-0.15, -0.1) is 0 Å². The van der Waals surface area contributed by atoms with Gasteiger partial charge in [-0.3, -0.25) is 4.79 Å². The van der Waals surface area contributed by atoms with Gasteiger partial charge in [-0.25, -0.2) is 0 Å². The Labute approximate surface area is 133 Å². The van der Waals surface area contributed by atoms with Crippen molar-refractivity contribution in [1.82, 2.24) is 0 Å². The van der Waals surface area contributed by atoms with Crippen LogP contribution in [0.2, 0.25) is 0 Å². The summed E-state index contributed by atoms with van der Waals surface area (Å²) in [4.78, 5) is 8.36. The molecule has 0 aliphatic rings. The molecule has 0 fully saturated rings. The fourth-order valence-corrected chi connectivity index (χ4v) is 2.67. The van der Waals surface area contributed by atoms with Crippen molar-refractivity contribution in [2.24, 2.45) is 0 Å². The summed E-state index contributed by atoms with van der Waals surface area (Å²) in [6, 6.07) is 21.9. The fraction of sp³-hybridized carbons (Fsp3) is 0.105. The van der Waals surface area contributed by atoms with E-state index in [-0.39, 0.29) is 19.7 Å². The number of aliphatic hydroxyl groups is 2. The van der Waals surface area contributed by atoms with Crippen LogP contribution in [-0.2, 0) is 4.79 Å². The lowest BCUT2D eigenvalue weighted by atomic mass is 9.95. The zero-order valence-corrected chi connectivity index (χ0v) is 12.5. The van der Waals surface area contributed by atoms with Crippen LogP contribution in [0.5, 0.6) is 0 Å². The van der Waals surface area contributed by atoms with Gasteiger partial charge < -0.3 is 15.3 Å². The molecule has 23 heavy (non-hydrogen) atoms. The van der Waals surface area contributed by atoms with Crippen LogP contribution in [0.15, 0.2) is 60.7 Å². The Balaban J connectivity index is 0.000000238. The highest BCUT2D eigenvalue weighted by atomic mass is 16.3. The molecule has 0 atom stereocenters. The summed E-state index contributed by atoms with van der Waals surface area (Å²) in [5.74, 6) is 0. The van der Waals surface area contributed by atoms with Crippen molar-refractivity contribution in [3.05, 3.63) is 60.7 Å². The van der Waals surface area contributed by atoms with Gasteiger partial charge in [0.1, 0.15) is 0 Å². The highest BCUT2D eigenvalue weighted by Gasteiger charge is 2.05. The number of carboxylic acid groups (broad SMARTS) is 1. The third-order valence-corrected chi connectivity index (χ3v) is 3.49. The van der Waals surface area contributed by atoms with Gasteiger partial charge in [0, 0.05) is 0 Å². The van der Waals surface area contributed by atoms with E-state index in [9.17, 15) is 0 Å². The van der Waals surface area contributed by atoms with Crippen molar-refractivity contribution in [1.29, 1.82) is 0 Å². The Morgan fingerprint density at radius 2 is 0.913 bits per heavy atom. The van der Waals surface area contributed by atoms with E-state index in [0.29, 0.717) is 0 Å². The van der Waals surface area contributed by atoms with Crippen molar-refractivity contribution in [2.45, 2.75) is 0 Å². The summed E-state index contributed by atoms with van der Waals surface area (Å²) < 4.78 is 0. The molecule has 0 saturated heterocycles. The maximum Gasteiger partial charge on any atom is 0.290 e. The van der Waals surface area contributed by atoms with Crippen molar-refractivity contribution < 1.29 is 20.1 Å². The van der Waals surface area contributed by atoms with Crippen LogP contribution >= 0.6 is 0 Å². The number of hydrogen-bond acceptors (Lipinski definition) is 3. The van der Waals surface area contributed by atoms with Crippen molar-refractivity contribution >= 4 is 38.8 Å². The molecular weight excluding hydrogens is 292 g/mol. The Morgan fingerprint density at radius 3 is 1.13 bits per heavy atom. The molecule has 0 spiro atoms. The molecule has 0 saturated carbocycles. The van der Waals surface area contributed by atoms with E-state index in [0.717, 1.165) is 0 Å². The molecule has 0 aromatic heterocycles. The molecular formula is C19H18O4. The number of carbonyl (C=O) groups is 1. The molecule has 0 bridgehead atoms. The van der Waals surface area contributed by atoms with Crippen LogP contribution < -0.4 is 0 Å². The van der Waals surface area contributed by atoms with Crippen LogP contribution in [0.3, 0.4) is 0 Å². The summed E-state index contributed by atoms with van der Waals surface area (Å²) in [7, 11) is 0. The van der Waals surface area contributed by atoms with Gasteiger partial charge in [-0.2, -0.15) is 0 Å². The zero-order chi connectivity index (χ0) is 16.7. The van der Waals surface area contributed by atoms with Gasteiger partial charge in [0.05, 0.1) is 13.2 Å².